The van der Waals surface area contributed by atoms with Gasteiger partial charge in [-0.3, -0.25) is 10.1 Å². The van der Waals surface area contributed by atoms with Gasteiger partial charge in [0, 0.05) is 0 Å². The van der Waals surface area contributed by atoms with Gasteiger partial charge in [0.2, 0.25) is 0 Å². The van der Waals surface area contributed by atoms with Crippen molar-refractivity contribution in [2.45, 2.75) is 6.04 Å². The number of urea groups is 1. The maximum absolute atomic E-state index is 12.8. The van der Waals surface area contributed by atoms with Crippen LogP contribution in [0.4, 0.5) is 9.18 Å². The maximum Gasteiger partial charge on any atom is 0.322 e. The minimum Gasteiger partial charge on any atom is -0.322 e. The molecule has 0 aliphatic carbocycles. The van der Waals surface area contributed by atoms with E-state index in [2.05, 4.69) is 10.6 Å². The highest BCUT2D eigenvalue weighted by Gasteiger charge is 2.30. The van der Waals surface area contributed by atoms with Gasteiger partial charge < -0.3 is 5.32 Å². The molecule has 2 rings (SSSR count). The predicted octanol–water partition coefficient (Wildman–Crippen LogP) is 0.706. The summed E-state index contributed by atoms with van der Waals surface area (Å²) in [4.78, 5) is 22.0. The second kappa shape index (κ2) is 3.10. The molecule has 1 heterocycles. The van der Waals surface area contributed by atoms with E-state index in [4.69, 9.17) is 0 Å². The zero-order valence-corrected chi connectivity index (χ0v) is 7.08. The van der Waals surface area contributed by atoms with Gasteiger partial charge in [0.25, 0.3) is 5.91 Å². The van der Waals surface area contributed by atoms with Crippen LogP contribution in [-0.4, -0.2) is 11.9 Å². The molecule has 4 nitrogen and oxygen atoms in total. The van der Waals surface area contributed by atoms with Gasteiger partial charge in [-0.15, -0.1) is 0 Å². The molecule has 1 aliphatic rings. The lowest BCUT2D eigenvalue weighted by Gasteiger charge is -2.06. The van der Waals surface area contributed by atoms with Gasteiger partial charge in [0.1, 0.15) is 11.9 Å². The summed E-state index contributed by atoms with van der Waals surface area (Å²) in [6.45, 7) is 0. The van der Waals surface area contributed by atoms with E-state index in [1.165, 1.54) is 18.2 Å². The summed E-state index contributed by atoms with van der Waals surface area (Å²) < 4.78 is 12.8. The van der Waals surface area contributed by atoms with Crippen molar-refractivity contribution in [1.82, 2.24) is 10.6 Å². The van der Waals surface area contributed by atoms with E-state index in [-0.39, 0.29) is 0 Å². The van der Waals surface area contributed by atoms with Crippen LogP contribution >= 0.6 is 0 Å². The Morgan fingerprint density at radius 3 is 2.64 bits per heavy atom. The molecule has 1 aliphatic heterocycles. The summed E-state index contributed by atoms with van der Waals surface area (Å²) in [5.41, 5.74) is 0.438. The van der Waals surface area contributed by atoms with E-state index >= 15 is 0 Å². The monoisotopic (exact) mass is 194 g/mol. The van der Waals surface area contributed by atoms with Crippen LogP contribution in [0.15, 0.2) is 24.3 Å². The van der Waals surface area contributed by atoms with Gasteiger partial charge in [-0.25, -0.2) is 9.18 Å². The van der Waals surface area contributed by atoms with E-state index in [9.17, 15) is 14.0 Å². The van der Waals surface area contributed by atoms with E-state index in [1.807, 2.05) is 0 Å². The molecular formula is C9H7FN2O2. The molecule has 2 N–H and O–H groups in total. The van der Waals surface area contributed by atoms with Crippen molar-refractivity contribution < 1.29 is 14.0 Å². The van der Waals surface area contributed by atoms with Gasteiger partial charge in [0.15, 0.2) is 0 Å². The second-order valence-electron chi connectivity index (χ2n) is 2.95. The number of carbonyl (C=O) groups is 2. The Morgan fingerprint density at radius 1 is 1.29 bits per heavy atom. The van der Waals surface area contributed by atoms with Crippen LogP contribution in [0.25, 0.3) is 0 Å². The molecule has 1 aromatic rings. The molecular weight excluding hydrogens is 187 g/mol. The number of amides is 3. The molecule has 72 valence electrons. The molecule has 3 amide bonds. The van der Waals surface area contributed by atoms with Gasteiger partial charge in [0.05, 0.1) is 0 Å². The summed E-state index contributed by atoms with van der Waals surface area (Å²) >= 11 is 0. The Kier molecular flexibility index (Phi) is 1.92. The molecule has 0 radical (unpaired) electrons. The van der Waals surface area contributed by atoms with Gasteiger partial charge in [-0.05, 0) is 17.7 Å². The van der Waals surface area contributed by atoms with Crippen molar-refractivity contribution in [3.05, 3.63) is 35.6 Å². The van der Waals surface area contributed by atoms with Gasteiger partial charge >= 0.3 is 6.03 Å². The van der Waals surface area contributed by atoms with Crippen LogP contribution in [0, 0.1) is 5.82 Å². The molecule has 1 atom stereocenters. The number of hydrogen-bond acceptors (Lipinski definition) is 2. The lowest BCUT2D eigenvalue weighted by molar-refractivity contribution is -0.120. The third-order valence-corrected chi connectivity index (χ3v) is 1.96. The zero-order chi connectivity index (χ0) is 10.1. The first-order valence-corrected chi connectivity index (χ1v) is 4.03. The lowest BCUT2D eigenvalue weighted by atomic mass is 10.1. The fourth-order valence-electron chi connectivity index (χ4n) is 1.34. The third-order valence-electron chi connectivity index (χ3n) is 1.96. The van der Waals surface area contributed by atoms with Gasteiger partial charge in [-0.1, -0.05) is 12.1 Å². The minimum atomic E-state index is -0.779. The summed E-state index contributed by atoms with van der Waals surface area (Å²) in [6.07, 6.45) is 0. The minimum absolute atomic E-state index is 0.434. The summed E-state index contributed by atoms with van der Waals surface area (Å²) in [6, 6.07) is 4.23. The number of halogens is 1. The van der Waals surface area contributed by atoms with Crippen molar-refractivity contribution in [2.24, 2.45) is 0 Å². The van der Waals surface area contributed by atoms with Crippen LogP contribution in [0.1, 0.15) is 11.6 Å². The number of nitrogens with one attached hydrogen (secondary N) is 2. The van der Waals surface area contributed by atoms with Crippen molar-refractivity contribution in [3.63, 3.8) is 0 Å². The average Bonchev–Trinajstić information content (AvgIpc) is 2.45. The molecule has 1 fully saturated rings. The number of imide groups is 1. The molecule has 1 saturated heterocycles. The Morgan fingerprint density at radius 2 is 2.07 bits per heavy atom. The SMILES string of the molecule is O=C1NC(=O)[C@@H](c2cccc(F)c2)N1. The molecule has 1 aromatic carbocycles. The van der Waals surface area contributed by atoms with Crippen molar-refractivity contribution >= 4 is 11.9 Å². The summed E-state index contributed by atoms with van der Waals surface area (Å²) in [5, 5.41) is 4.45. The van der Waals surface area contributed by atoms with Crippen LogP contribution in [0.3, 0.4) is 0 Å². The highest BCUT2D eigenvalue weighted by Crippen LogP contribution is 2.16. The molecule has 14 heavy (non-hydrogen) atoms. The van der Waals surface area contributed by atoms with Crippen LogP contribution in [0.2, 0.25) is 0 Å². The van der Waals surface area contributed by atoms with Crippen LogP contribution in [-0.2, 0) is 4.79 Å². The Bertz CT molecular complexity index is 406. The standard InChI is InChI=1S/C9H7FN2O2/c10-6-3-1-2-5(4-6)7-8(13)12-9(14)11-7/h1-4,7H,(H2,11,12,13,14)/t7-/m1/s1. The molecule has 0 aromatic heterocycles. The van der Waals surface area contributed by atoms with Gasteiger partial charge in [-0.2, -0.15) is 0 Å². The number of carbonyl (C=O) groups excluding carboxylic acids is 2. The second-order valence-corrected chi connectivity index (χ2v) is 2.95. The Balaban J connectivity index is 2.31. The first-order valence-electron chi connectivity index (χ1n) is 4.03. The highest BCUT2D eigenvalue weighted by atomic mass is 19.1. The average molecular weight is 194 g/mol. The smallest absolute Gasteiger partial charge is 0.322 e. The molecule has 0 unspecified atom stereocenters. The molecule has 0 spiro atoms. The van der Waals surface area contributed by atoms with Crippen LogP contribution < -0.4 is 10.6 Å². The number of hydrogen-bond donors (Lipinski definition) is 2. The topological polar surface area (TPSA) is 58.2 Å². The van der Waals surface area contributed by atoms with Crippen molar-refractivity contribution in [3.8, 4) is 0 Å². The zero-order valence-electron chi connectivity index (χ0n) is 7.08. The normalized spacial score (nSPS) is 20.5. The fourth-order valence-corrected chi connectivity index (χ4v) is 1.34. The highest BCUT2D eigenvalue weighted by molar-refractivity contribution is 6.04. The molecule has 0 saturated carbocycles. The summed E-state index contributed by atoms with van der Waals surface area (Å²) in [7, 11) is 0. The van der Waals surface area contributed by atoms with Crippen LogP contribution in [0.5, 0.6) is 0 Å². The largest absolute Gasteiger partial charge is 0.322 e. The van der Waals surface area contributed by atoms with Crippen molar-refractivity contribution in [1.29, 1.82) is 0 Å². The van der Waals surface area contributed by atoms with E-state index < -0.39 is 23.8 Å². The molecule has 0 bridgehead atoms. The van der Waals surface area contributed by atoms with E-state index in [0.29, 0.717) is 5.56 Å². The number of rotatable bonds is 1. The number of benzene rings is 1. The van der Waals surface area contributed by atoms with Crippen molar-refractivity contribution in [2.75, 3.05) is 0 Å². The fraction of sp³-hybridized carbons (Fsp3) is 0.111. The maximum atomic E-state index is 12.8. The Labute approximate surface area is 79.1 Å². The molecule has 5 heteroatoms. The lowest BCUT2D eigenvalue weighted by Crippen LogP contribution is -2.22. The summed E-state index contributed by atoms with van der Waals surface area (Å²) in [5.74, 6) is -0.892. The first kappa shape index (κ1) is 8.68. The van der Waals surface area contributed by atoms with E-state index in [0.717, 1.165) is 0 Å². The predicted molar refractivity (Wildman–Crippen MR) is 45.8 cm³/mol. The third kappa shape index (κ3) is 1.44. The quantitative estimate of drug-likeness (QED) is 0.647. The Hall–Kier alpha value is -1.91. The first-order chi connectivity index (χ1) is 6.66. The van der Waals surface area contributed by atoms with E-state index in [1.54, 1.807) is 6.07 Å².